The van der Waals surface area contributed by atoms with Gasteiger partial charge in [-0.3, -0.25) is 0 Å². The van der Waals surface area contributed by atoms with Crippen molar-refractivity contribution in [3.8, 4) is 6.07 Å². The van der Waals surface area contributed by atoms with E-state index in [1.807, 2.05) is 0 Å². The SMILES string of the molecule is CCSC1CCCC1NCC(C)(C)CCC#N. The first kappa shape index (κ1) is 14.9. The fraction of sp³-hybridized carbons (Fsp3) is 0.929. The third-order valence-corrected chi connectivity index (χ3v) is 4.92. The highest BCUT2D eigenvalue weighted by Crippen LogP contribution is 2.31. The molecular formula is C14H26N2S. The Labute approximate surface area is 111 Å². The van der Waals surface area contributed by atoms with Crippen LogP contribution in [0.25, 0.3) is 0 Å². The summed E-state index contributed by atoms with van der Waals surface area (Å²) >= 11 is 2.10. The van der Waals surface area contributed by atoms with Crippen LogP contribution in [0.15, 0.2) is 0 Å². The van der Waals surface area contributed by atoms with Gasteiger partial charge in [-0.05, 0) is 30.4 Å². The van der Waals surface area contributed by atoms with Crippen molar-refractivity contribution >= 4 is 11.8 Å². The van der Waals surface area contributed by atoms with E-state index in [4.69, 9.17) is 5.26 Å². The molecule has 0 aliphatic heterocycles. The van der Waals surface area contributed by atoms with E-state index in [0.29, 0.717) is 12.5 Å². The summed E-state index contributed by atoms with van der Waals surface area (Å²) in [7, 11) is 0. The molecule has 98 valence electrons. The summed E-state index contributed by atoms with van der Waals surface area (Å²) in [5.41, 5.74) is 0.250. The molecule has 1 saturated carbocycles. The van der Waals surface area contributed by atoms with Crippen molar-refractivity contribution in [1.82, 2.24) is 5.32 Å². The van der Waals surface area contributed by atoms with Gasteiger partial charge in [0.2, 0.25) is 0 Å². The van der Waals surface area contributed by atoms with Crippen molar-refractivity contribution in [2.24, 2.45) is 5.41 Å². The number of nitrogens with one attached hydrogen (secondary N) is 1. The molecule has 1 rings (SSSR count). The average molecular weight is 254 g/mol. The van der Waals surface area contributed by atoms with Gasteiger partial charge < -0.3 is 5.32 Å². The molecule has 1 N–H and O–H groups in total. The molecule has 2 unspecified atom stereocenters. The summed E-state index contributed by atoms with van der Waals surface area (Å²) in [6.45, 7) is 7.81. The van der Waals surface area contributed by atoms with Crippen LogP contribution in [0, 0.1) is 16.7 Å². The van der Waals surface area contributed by atoms with Gasteiger partial charge in [-0.1, -0.05) is 27.2 Å². The lowest BCUT2D eigenvalue weighted by molar-refractivity contribution is 0.301. The molecule has 2 nitrogen and oxygen atoms in total. The Morgan fingerprint density at radius 2 is 2.18 bits per heavy atom. The van der Waals surface area contributed by atoms with Crippen molar-refractivity contribution in [3.63, 3.8) is 0 Å². The number of hydrogen-bond acceptors (Lipinski definition) is 3. The van der Waals surface area contributed by atoms with E-state index in [2.05, 4.69) is 43.9 Å². The number of nitriles is 1. The summed E-state index contributed by atoms with van der Waals surface area (Å²) in [5.74, 6) is 1.22. The largest absolute Gasteiger partial charge is 0.312 e. The van der Waals surface area contributed by atoms with E-state index in [1.54, 1.807) is 0 Å². The van der Waals surface area contributed by atoms with Crippen molar-refractivity contribution in [1.29, 1.82) is 5.26 Å². The summed E-state index contributed by atoms with van der Waals surface area (Å²) in [6.07, 6.45) is 5.73. The van der Waals surface area contributed by atoms with Crippen LogP contribution in [0.5, 0.6) is 0 Å². The third kappa shape index (κ3) is 5.31. The minimum atomic E-state index is 0.250. The van der Waals surface area contributed by atoms with Gasteiger partial charge >= 0.3 is 0 Å². The van der Waals surface area contributed by atoms with Crippen LogP contribution in [0.3, 0.4) is 0 Å². The maximum Gasteiger partial charge on any atom is 0.0621 e. The molecule has 2 atom stereocenters. The second-order valence-corrected chi connectivity index (χ2v) is 7.25. The molecule has 0 bridgehead atoms. The van der Waals surface area contributed by atoms with Gasteiger partial charge in [0.1, 0.15) is 0 Å². The van der Waals surface area contributed by atoms with Crippen molar-refractivity contribution in [2.45, 2.75) is 64.2 Å². The second kappa shape index (κ2) is 7.28. The molecule has 0 radical (unpaired) electrons. The lowest BCUT2D eigenvalue weighted by atomic mass is 9.87. The fourth-order valence-corrected chi connectivity index (χ4v) is 3.69. The topological polar surface area (TPSA) is 35.8 Å². The zero-order chi connectivity index (χ0) is 12.7. The highest BCUT2D eigenvalue weighted by molar-refractivity contribution is 7.99. The van der Waals surface area contributed by atoms with Gasteiger partial charge in [-0.25, -0.2) is 0 Å². The maximum atomic E-state index is 8.65. The van der Waals surface area contributed by atoms with E-state index >= 15 is 0 Å². The van der Waals surface area contributed by atoms with Gasteiger partial charge in [0.05, 0.1) is 6.07 Å². The number of rotatable bonds is 7. The van der Waals surface area contributed by atoms with Gasteiger partial charge in [-0.15, -0.1) is 0 Å². The molecule has 0 heterocycles. The lowest BCUT2D eigenvalue weighted by Crippen LogP contribution is -2.40. The highest BCUT2D eigenvalue weighted by atomic mass is 32.2. The molecule has 1 fully saturated rings. The Hall–Kier alpha value is -0.200. The molecule has 1 aliphatic rings. The number of nitrogens with zero attached hydrogens (tertiary/aromatic N) is 1. The van der Waals surface area contributed by atoms with Gasteiger partial charge in [0.25, 0.3) is 0 Å². The first-order valence-electron chi connectivity index (χ1n) is 6.81. The second-order valence-electron chi connectivity index (χ2n) is 5.73. The molecule has 0 aromatic heterocycles. The highest BCUT2D eigenvalue weighted by Gasteiger charge is 2.28. The molecule has 3 heteroatoms. The van der Waals surface area contributed by atoms with Gasteiger partial charge in [0, 0.05) is 24.3 Å². The Morgan fingerprint density at radius 1 is 1.41 bits per heavy atom. The van der Waals surface area contributed by atoms with E-state index in [0.717, 1.165) is 18.2 Å². The smallest absolute Gasteiger partial charge is 0.0621 e. The van der Waals surface area contributed by atoms with Crippen LogP contribution in [0.2, 0.25) is 0 Å². The van der Waals surface area contributed by atoms with Crippen LogP contribution >= 0.6 is 11.8 Å². The van der Waals surface area contributed by atoms with Crippen molar-refractivity contribution in [3.05, 3.63) is 0 Å². The quantitative estimate of drug-likeness (QED) is 0.754. The number of thioether (sulfide) groups is 1. The Balaban J connectivity index is 2.31. The predicted molar refractivity (Wildman–Crippen MR) is 76.2 cm³/mol. The summed E-state index contributed by atoms with van der Waals surface area (Å²) in [6, 6.07) is 2.94. The van der Waals surface area contributed by atoms with Crippen LogP contribution in [-0.4, -0.2) is 23.6 Å². The van der Waals surface area contributed by atoms with Crippen LogP contribution < -0.4 is 5.32 Å². The van der Waals surface area contributed by atoms with E-state index in [-0.39, 0.29) is 5.41 Å². The van der Waals surface area contributed by atoms with Crippen molar-refractivity contribution < 1.29 is 0 Å². The zero-order valence-electron chi connectivity index (χ0n) is 11.5. The number of hydrogen-bond donors (Lipinski definition) is 1. The predicted octanol–water partition coefficient (Wildman–Crippen LogP) is 3.58. The van der Waals surface area contributed by atoms with E-state index in [1.165, 1.54) is 25.0 Å². The fourth-order valence-electron chi connectivity index (χ4n) is 2.46. The standard InChI is InChI=1S/C14H26N2S/c1-4-17-13-8-5-7-12(13)16-11-14(2,3)9-6-10-15/h12-13,16H,4-9,11H2,1-3H3. The molecule has 0 aromatic rings. The Morgan fingerprint density at radius 3 is 2.82 bits per heavy atom. The van der Waals surface area contributed by atoms with Gasteiger partial charge in [0.15, 0.2) is 0 Å². The summed E-state index contributed by atoms with van der Waals surface area (Å²) in [4.78, 5) is 0. The van der Waals surface area contributed by atoms with Crippen LogP contribution in [0.4, 0.5) is 0 Å². The molecular weight excluding hydrogens is 228 g/mol. The normalized spacial score (nSPS) is 24.8. The Bertz CT molecular complexity index is 257. The molecule has 0 aromatic carbocycles. The van der Waals surface area contributed by atoms with E-state index in [9.17, 15) is 0 Å². The molecule has 0 amide bonds. The zero-order valence-corrected chi connectivity index (χ0v) is 12.3. The monoisotopic (exact) mass is 254 g/mol. The average Bonchev–Trinajstić information content (AvgIpc) is 2.72. The van der Waals surface area contributed by atoms with Crippen LogP contribution in [-0.2, 0) is 0 Å². The maximum absolute atomic E-state index is 8.65. The minimum absolute atomic E-state index is 0.250. The molecule has 1 aliphatic carbocycles. The van der Waals surface area contributed by atoms with E-state index < -0.39 is 0 Å². The lowest BCUT2D eigenvalue weighted by Gasteiger charge is -2.28. The first-order chi connectivity index (χ1) is 8.09. The molecule has 0 saturated heterocycles. The van der Waals surface area contributed by atoms with Gasteiger partial charge in [-0.2, -0.15) is 17.0 Å². The van der Waals surface area contributed by atoms with Crippen LogP contribution in [0.1, 0.15) is 52.9 Å². The molecule has 17 heavy (non-hydrogen) atoms. The third-order valence-electron chi connectivity index (χ3n) is 3.59. The summed E-state index contributed by atoms with van der Waals surface area (Å²) < 4.78 is 0. The van der Waals surface area contributed by atoms with Crippen molar-refractivity contribution in [2.75, 3.05) is 12.3 Å². The first-order valence-corrected chi connectivity index (χ1v) is 7.86. The Kier molecular flexibility index (Phi) is 6.37. The minimum Gasteiger partial charge on any atom is -0.312 e. The summed E-state index contributed by atoms with van der Waals surface area (Å²) in [5, 5.41) is 13.2. The molecule has 0 spiro atoms.